The maximum atomic E-state index is 11.9. The summed E-state index contributed by atoms with van der Waals surface area (Å²) >= 11 is 0. The highest BCUT2D eigenvalue weighted by molar-refractivity contribution is 5.80. The molecule has 1 aliphatic heterocycles. The molecule has 1 heterocycles. The number of nitrogens with one attached hydrogen (secondary N) is 2. The van der Waals surface area contributed by atoms with Crippen LogP contribution in [-0.4, -0.2) is 49.1 Å². The Balaban J connectivity index is 2.05. The van der Waals surface area contributed by atoms with Crippen LogP contribution in [0.1, 0.15) is 44.7 Å². The van der Waals surface area contributed by atoms with Crippen LogP contribution in [0.15, 0.2) is 29.3 Å². The number of hydrogen-bond donors (Lipinski definition) is 2. The van der Waals surface area contributed by atoms with E-state index >= 15 is 0 Å². The van der Waals surface area contributed by atoms with Gasteiger partial charge in [-0.2, -0.15) is 0 Å². The molecule has 0 saturated carbocycles. The minimum atomic E-state index is -0.260. The van der Waals surface area contributed by atoms with Gasteiger partial charge in [0.1, 0.15) is 0 Å². The van der Waals surface area contributed by atoms with Gasteiger partial charge in [-0.1, -0.05) is 24.3 Å². The summed E-state index contributed by atoms with van der Waals surface area (Å²) in [5.41, 5.74) is 2.06. The number of aliphatic imine (C=N–C) groups is 1. The quantitative estimate of drug-likeness (QED) is 0.551. The van der Waals surface area contributed by atoms with E-state index < -0.39 is 0 Å². The lowest BCUT2D eigenvalue weighted by molar-refractivity contribution is -0.128. The Hall–Kier alpha value is -2.08. The molecular weight excluding hydrogens is 328 g/mol. The van der Waals surface area contributed by atoms with Gasteiger partial charge in [0.25, 0.3) is 0 Å². The normalized spacial score (nSPS) is 15.5. The SMILES string of the molecule is CCNC(=NCc1ccccc1CN1CCCC1=O)NCC(C)(C)OC. The number of methoxy groups -OCH3 is 1. The van der Waals surface area contributed by atoms with Gasteiger partial charge < -0.3 is 20.3 Å². The lowest BCUT2D eigenvalue weighted by Gasteiger charge is -2.24. The molecule has 1 saturated heterocycles. The number of guanidine groups is 1. The number of hydrogen-bond acceptors (Lipinski definition) is 3. The molecule has 1 fully saturated rings. The van der Waals surface area contributed by atoms with Crippen LogP contribution in [0.25, 0.3) is 0 Å². The molecule has 0 aliphatic carbocycles. The van der Waals surface area contributed by atoms with Crippen molar-refractivity contribution < 1.29 is 9.53 Å². The van der Waals surface area contributed by atoms with Gasteiger partial charge in [0.05, 0.1) is 12.1 Å². The van der Waals surface area contributed by atoms with Crippen molar-refractivity contribution in [1.29, 1.82) is 0 Å². The number of ether oxygens (including phenoxy) is 1. The van der Waals surface area contributed by atoms with Crippen LogP contribution in [0.5, 0.6) is 0 Å². The molecule has 1 amide bonds. The topological polar surface area (TPSA) is 66.0 Å². The first-order chi connectivity index (χ1) is 12.4. The Kier molecular flexibility index (Phi) is 7.45. The van der Waals surface area contributed by atoms with E-state index in [0.29, 0.717) is 26.1 Å². The van der Waals surface area contributed by atoms with E-state index in [-0.39, 0.29) is 11.5 Å². The summed E-state index contributed by atoms with van der Waals surface area (Å²) in [6.45, 7) is 9.67. The van der Waals surface area contributed by atoms with Crippen molar-refractivity contribution in [1.82, 2.24) is 15.5 Å². The molecule has 0 unspecified atom stereocenters. The van der Waals surface area contributed by atoms with Gasteiger partial charge in [-0.25, -0.2) is 4.99 Å². The Morgan fingerprint density at radius 1 is 1.27 bits per heavy atom. The third kappa shape index (κ3) is 6.02. The summed E-state index contributed by atoms with van der Waals surface area (Å²) in [4.78, 5) is 18.6. The molecule has 0 spiro atoms. The number of rotatable bonds is 8. The fourth-order valence-electron chi connectivity index (χ4n) is 2.82. The summed E-state index contributed by atoms with van der Waals surface area (Å²) in [7, 11) is 1.71. The van der Waals surface area contributed by atoms with Crippen molar-refractivity contribution in [2.75, 3.05) is 26.7 Å². The lowest BCUT2D eigenvalue weighted by Crippen LogP contribution is -2.45. The Morgan fingerprint density at radius 2 is 2.00 bits per heavy atom. The minimum absolute atomic E-state index is 0.250. The summed E-state index contributed by atoms with van der Waals surface area (Å²) in [6, 6.07) is 8.22. The summed E-state index contributed by atoms with van der Waals surface area (Å²) in [5, 5.41) is 6.60. The van der Waals surface area contributed by atoms with Gasteiger partial charge in [0.15, 0.2) is 5.96 Å². The molecular formula is C20H32N4O2. The Morgan fingerprint density at radius 3 is 2.62 bits per heavy atom. The first kappa shape index (κ1) is 20.2. The van der Waals surface area contributed by atoms with E-state index in [1.807, 2.05) is 37.8 Å². The van der Waals surface area contributed by atoms with Crippen LogP contribution in [-0.2, 0) is 22.6 Å². The van der Waals surface area contributed by atoms with E-state index in [1.54, 1.807) is 7.11 Å². The zero-order valence-electron chi connectivity index (χ0n) is 16.5. The zero-order chi connectivity index (χ0) is 19.0. The Labute approximate surface area is 157 Å². The fraction of sp³-hybridized carbons (Fsp3) is 0.600. The van der Waals surface area contributed by atoms with Gasteiger partial charge >= 0.3 is 0 Å². The van der Waals surface area contributed by atoms with E-state index in [0.717, 1.165) is 31.0 Å². The van der Waals surface area contributed by atoms with Gasteiger partial charge in [-0.15, -0.1) is 0 Å². The van der Waals surface area contributed by atoms with Crippen LogP contribution in [0.4, 0.5) is 0 Å². The number of carbonyl (C=O) groups is 1. The van der Waals surface area contributed by atoms with Crippen molar-refractivity contribution in [3.8, 4) is 0 Å². The molecule has 2 N–H and O–H groups in total. The molecule has 0 bridgehead atoms. The third-order valence-corrected chi connectivity index (χ3v) is 4.64. The average molecular weight is 361 g/mol. The van der Waals surface area contributed by atoms with Gasteiger partial charge in [-0.05, 0) is 38.3 Å². The maximum Gasteiger partial charge on any atom is 0.222 e. The predicted molar refractivity (Wildman–Crippen MR) is 105 cm³/mol. The zero-order valence-corrected chi connectivity index (χ0v) is 16.5. The molecule has 0 radical (unpaired) electrons. The van der Waals surface area contributed by atoms with Gasteiger partial charge in [-0.3, -0.25) is 4.79 Å². The monoisotopic (exact) mass is 360 g/mol. The van der Waals surface area contributed by atoms with Crippen molar-refractivity contribution in [3.63, 3.8) is 0 Å². The number of amides is 1. The molecule has 0 atom stereocenters. The fourth-order valence-corrected chi connectivity index (χ4v) is 2.82. The van der Waals surface area contributed by atoms with Crippen LogP contribution in [0, 0.1) is 0 Å². The van der Waals surface area contributed by atoms with Gasteiger partial charge in [0, 0.05) is 39.7 Å². The minimum Gasteiger partial charge on any atom is -0.377 e. The molecule has 2 rings (SSSR count). The lowest BCUT2D eigenvalue weighted by atomic mass is 10.1. The predicted octanol–water partition coefficient (Wildman–Crippen LogP) is 2.29. The molecule has 1 aromatic rings. The van der Waals surface area contributed by atoms with E-state index in [4.69, 9.17) is 9.73 Å². The summed E-state index contributed by atoms with van der Waals surface area (Å²) in [5.74, 6) is 1.02. The number of benzene rings is 1. The second-order valence-corrected chi connectivity index (χ2v) is 7.20. The Bertz CT molecular complexity index is 628. The largest absolute Gasteiger partial charge is 0.377 e. The number of carbonyl (C=O) groups excluding carboxylic acids is 1. The molecule has 6 heteroatoms. The van der Waals surface area contributed by atoms with E-state index in [2.05, 4.69) is 22.8 Å². The maximum absolute atomic E-state index is 11.9. The standard InChI is InChI=1S/C20H32N4O2/c1-5-21-19(23-15-20(2,3)26-4)22-13-16-9-6-7-10-17(16)14-24-12-8-11-18(24)25/h6-7,9-10H,5,8,11-15H2,1-4H3,(H2,21,22,23). The highest BCUT2D eigenvalue weighted by Gasteiger charge is 2.21. The summed E-state index contributed by atoms with van der Waals surface area (Å²) < 4.78 is 5.45. The highest BCUT2D eigenvalue weighted by Crippen LogP contribution is 2.17. The molecule has 0 aromatic heterocycles. The van der Waals surface area contributed by atoms with Crippen molar-refractivity contribution >= 4 is 11.9 Å². The average Bonchev–Trinajstić information content (AvgIpc) is 3.03. The van der Waals surface area contributed by atoms with Crippen LogP contribution in [0.3, 0.4) is 0 Å². The second kappa shape index (κ2) is 9.57. The molecule has 1 aromatic carbocycles. The summed E-state index contributed by atoms with van der Waals surface area (Å²) in [6.07, 6.45) is 1.63. The first-order valence-corrected chi connectivity index (χ1v) is 9.37. The van der Waals surface area contributed by atoms with Crippen LogP contribution < -0.4 is 10.6 Å². The molecule has 144 valence electrons. The second-order valence-electron chi connectivity index (χ2n) is 7.20. The molecule has 26 heavy (non-hydrogen) atoms. The third-order valence-electron chi connectivity index (χ3n) is 4.64. The number of likely N-dealkylation sites (tertiary alicyclic amines) is 1. The van der Waals surface area contributed by atoms with Crippen molar-refractivity contribution in [2.45, 2.75) is 52.3 Å². The van der Waals surface area contributed by atoms with Crippen molar-refractivity contribution in [3.05, 3.63) is 35.4 Å². The van der Waals surface area contributed by atoms with Gasteiger partial charge in [0.2, 0.25) is 5.91 Å². The molecule has 1 aliphatic rings. The van der Waals surface area contributed by atoms with E-state index in [9.17, 15) is 4.79 Å². The van der Waals surface area contributed by atoms with Crippen LogP contribution >= 0.6 is 0 Å². The van der Waals surface area contributed by atoms with E-state index in [1.165, 1.54) is 5.56 Å². The smallest absolute Gasteiger partial charge is 0.222 e. The van der Waals surface area contributed by atoms with Crippen molar-refractivity contribution in [2.24, 2.45) is 4.99 Å². The molecule has 6 nitrogen and oxygen atoms in total. The first-order valence-electron chi connectivity index (χ1n) is 9.37. The highest BCUT2D eigenvalue weighted by atomic mass is 16.5. The number of nitrogens with zero attached hydrogens (tertiary/aromatic N) is 2. The van der Waals surface area contributed by atoms with Crippen LogP contribution in [0.2, 0.25) is 0 Å².